The van der Waals surface area contributed by atoms with Crippen molar-refractivity contribution in [1.82, 2.24) is 19.8 Å². The van der Waals surface area contributed by atoms with Crippen molar-refractivity contribution in [2.24, 2.45) is 7.05 Å². The van der Waals surface area contributed by atoms with E-state index in [0.717, 1.165) is 19.0 Å². The summed E-state index contributed by atoms with van der Waals surface area (Å²) in [5.74, 6) is 1.01. The summed E-state index contributed by atoms with van der Waals surface area (Å²) >= 11 is 0. The number of piperidine rings is 1. The highest BCUT2D eigenvalue weighted by atomic mass is 15.3. The van der Waals surface area contributed by atoms with E-state index in [1.165, 1.54) is 38.0 Å². The van der Waals surface area contributed by atoms with Crippen LogP contribution in [0.25, 0.3) is 0 Å². The third kappa shape index (κ3) is 3.96. The number of hydrogen-bond acceptors (Lipinski definition) is 4. The van der Waals surface area contributed by atoms with Crippen molar-refractivity contribution in [3.8, 4) is 0 Å². The van der Waals surface area contributed by atoms with Crippen LogP contribution in [0.15, 0.2) is 6.20 Å². The zero-order chi connectivity index (χ0) is 14.5. The van der Waals surface area contributed by atoms with Crippen LogP contribution < -0.4 is 10.2 Å². The molecule has 0 bridgehead atoms. The van der Waals surface area contributed by atoms with E-state index in [2.05, 4.69) is 33.7 Å². The van der Waals surface area contributed by atoms with E-state index < -0.39 is 0 Å². The number of nitrogens with one attached hydrogen (secondary N) is 1. The molecule has 0 saturated carbocycles. The Labute approximate surface area is 123 Å². The minimum Gasteiger partial charge on any atom is -0.348 e. The Morgan fingerprint density at radius 3 is 2.60 bits per heavy atom. The summed E-state index contributed by atoms with van der Waals surface area (Å²) in [5.41, 5.74) is 1.24. The van der Waals surface area contributed by atoms with Gasteiger partial charge in [0.2, 0.25) is 5.95 Å². The van der Waals surface area contributed by atoms with Crippen LogP contribution in [0, 0.1) is 0 Å². The molecule has 1 N–H and O–H groups in total. The monoisotopic (exact) mass is 279 g/mol. The van der Waals surface area contributed by atoms with Gasteiger partial charge in [-0.15, -0.1) is 0 Å². The molecule has 2 heterocycles. The number of rotatable bonds is 6. The predicted octanol–water partition coefficient (Wildman–Crippen LogP) is 1.45. The van der Waals surface area contributed by atoms with Gasteiger partial charge in [-0.25, -0.2) is 4.98 Å². The topological polar surface area (TPSA) is 36.3 Å². The lowest BCUT2D eigenvalue weighted by Crippen LogP contribution is -2.41. The smallest absolute Gasteiger partial charge is 0.204 e. The molecule has 20 heavy (non-hydrogen) atoms. The first-order valence-electron chi connectivity index (χ1n) is 7.71. The van der Waals surface area contributed by atoms with E-state index in [1.807, 2.05) is 25.2 Å². The van der Waals surface area contributed by atoms with E-state index in [-0.39, 0.29) is 0 Å². The SMILES string of the molecule is CC(CN1CCCCC1)NCc1cnc(N(C)C)n1C. The second-order valence-corrected chi connectivity index (χ2v) is 6.15. The summed E-state index contributed by atoms with van der Waals surface area (Å²) in [7, 11) is 6.13. The molecule has 1 aliphatic rings. The van der Waals surface area contributed by atoms with Crippen molar-refractivity contribution in [2.45, 2.75) is 38.8 Å². The molecule has 1 atom stereocenters. The van der Waals surface area contributed by atoms with Crippen LogP contribution in [-0.4, -0.2) is 54.2 Å². The van der Waals surface area contributed by atoms with Crippen LogP contribution in [0.2, 0.25) is 0 Å². The summed E-state index contributed by atoms with van der Waals surface area (Å²) in [4.78, 5) is 9.07. The number of imidazole rings is 1. The molecule has 0 aliphatic carbocycles. The molecule has 0 spiro atoms. The van der Waals surface area contributed by atoms with Crippen molar-refractivity contribution >= 4 is 5.95 Å². The molecule has 1 fully saturated rings. The van der Waals surface area contributed by atoms with Gasteiger partial charge < -0.3 is 19.7 Å². The molecule has 1 aliphatic heterocycles. The Hall–Kier alpha value is -1.07. The standard InChI is InChI=1S/C15H29N5/c1-13(12-20-8-6-5-7-9-20)16-10-14-11-17-15(18(2)3)19(14)4/h11,13,16H,5-10,12H2,1-4H3. The number of hydrogen-bond donors (Lipinski definition) is 1. The van der Waals surface area contributed by atoms with Gasteiger partial charge in [0.05, 0.1) is 11.9 Å². The first-order chi connectivity index (χ1) is 9.58. The van der Waals surface area contributed by atoms with Crippen LogP contribution in [0.5, 0.6) is 0 Å². The quantitative estimate of drug-likeness (QED) is 0.855. The summed E-state index contributed by atoms with van der Waals surface area (Å²) in [6.07, 6.45) is 6.10. The third-order valence-electron chi connectivity index (χ3n) is 4.07. The lowest BCUT2D eigenvalue weighted by molar-refractivity contribution is 0.208. The third-order valence-corrected chi connectivity index (χ3v) is 4.07. The molecule has 5 nitrogen and oxygen atoms in total. The highest BCUT2D eigenvalue weighted by Crippen LogP contribution is 2.11. The van der Waals surface area contributed by atoms with Gasteiger partial charge in [0.15, 0.2) is 0 Å². The van der Waals surface area contributed by atoms with Crippen LogP contribution in [0.3, 0.4) is 0 Å². The normalized spacial score (nSPS) is 18.2. The van der Waals surface area contributed by atoms with Crippen LogP contribution in [0.4, 0.5) is 5.95 Å². The molecule has 0 aromatic carbocycles. The summed E-state index contributed by atoms with van der Waals surface area (Å²) in [5, 5.41) is 3.62. The van der Waals surface area contributed by atoms with E-state index >= 15 is 0 Å². The van der Waals surface area contributed by atoms with Gasteiger partial charge in [0.25, 0.3) is 0 Å². The average Bonchev–Trinajstić information content (AvgIpc) is 2.79. The molecule has 0 amide bonds. The van der Waals surface area contributed by atoms with Crippen molar-refractivity contribution in [3.05, 3.63) is 11.9 Å². The fraction of sp³-hybridized carbons (Fsp3) is 0.800. The number of nitrogens with zero attached hydrogens (tertiary/aromatic N) is 4. The van der Waals surface area contributed by atoms with E-state index in [4.69, 9.17) is 0 Å². The second kappa shape index (κ2) is 7.09. The number of anilines is 1. The first-order valence-corrected chi connectivity index (χ1v) is 7.71. The van der Waals surface area contributed by atoms with Gasteiger partial charge in [-0.2, -0.15) is 0 Å². The molecule has 1 aromatic heterocycles. The van der Waals surface area contributed by atoms with Gasteiger partial charge >= 0.3 is 0 Å². The van der Waals surface area contributed by atoms with Crippen molar-refractivity contribution in [2.75, 3.05) is 38.6 Å². The Kier molecular flexibility index (Phi) is 5.43. The van der Waals surface area contributed by atoms with Crippen LogP contribution >= 0.6 is 0 Å². The van der Waals surface area contributed by atoms with Gasteiger partial charge in [0.1, 0.15) is 0 Å². The average molecular weight is 279 g/mol. The summed E-state index contributed by atoms with van der Waals surface area (Å²) in [6.45, 7) is 6.84. The molecule has 114 valence electrons. The molecule has 5 heteroatoms. The molecule has 1 aromatic rings. The van der Waals surface area contributed by atoms with Gasteiger partial charge in [0, 0.05) is 40.3 Å². The van der Waals surface area contributed by atoms with E-state index in [1.54, 1.807) is 0 Å². The van der Waals surface area contributed by atoms with Crippen molar-refractivity contribution < 1.29 is 0 Å². The summed E-state index contributed by atoms with van der Waals surface area (Å²) < 4.78 is 2.15. The molecular weight excluding hydrogens is 250 g/mol. The lowest BCUT2D eigenvalue weighted by Gasteiger charge is -2.29. The zero-order valence-corrected chi connectivity index (χ0v) is 13.4. The minimum atomic E-state index is 0.519. The number of aromatic nitrogens is 2. The Bertz CT molecular complexity index is 406. The Balaban J connectivity index is 1.79. The lowest BCUT2D eigenvalue weighted by atomic mass is 10.1. The molecule has 1 unspecified atom stereocenters. The summed E-state index contributed by atoms with van der Waals surface area (Å²) in [6, 6.07) is 0.519. The van der Waals surface area contributed by atoms with Gasteiger partial charge in [-0.1, -0.05) is 6.42 Å². The highest BCUT2D eigenvalue weighted by molar-refractivity contribution is 5.30. The number of likely N-dealkylation sites (tertiary alicyclic amines) is 1. The predicted molar refractivity (Wildman–Crippen MR) is 84.1 cm³/mol. The minimum absolute atomic E-state index is 0.519. The maximum atomic E-state index is 4.45. The van der Waals surface area contributed by atoms with Crippen LogP contribution in [0.1, 0.15) is 31.9 Å². The molecule has 0 radical (unpaired) electrons. The molecular formula is C15H29N5. The van der Waals surface area contributed by atoms with Crippen molar-refractivity contribution in [3.63, 3.8) is 0 Å². The zero-order valence-electron chi connectivity index (χ0n) is 13.4. The van der Waals surface area contributed by atoms with Crippen LogP contribution in [-0.2, 0) is 13.6 Å². The molecule has 1 saturated heterocycles. The highest BCUT2D eigenvalue weighted by Gasteiger charge is 2.14. The van der Waals surface area contributed by atoms with E-state index in [9.17, 15) is 0 Å². The second-order valence-electron chi connectivity index (χ2n) is 6.15. The largest absolute Gasteiger partial charge is 0.348 e. The maximum Gasteiger partial charge on any atom is 0.204 e. The fourth-order valence-electron chi connectivity index (χ4n) is 2.89. The Morgan fingerprint density at radius 1 is 1.30 bits per heavy atom. The van der Waals surface area contributed by atoms with Gasteiger partial charge in [-0.05, 0) is 32.9 Å². The van der Waals surface area contributed by atoms with Gasteiger partial charge in [-0.3, -0.25) is 0 Å². The van der Waals surface area contributed by atoms with E-state index in [0.29, 0.717) is 6.04 Å². The molecule has 2 rings (SSSR count). The maximum absolute atomic E-state index is 4.45. The fourth-order valence-corrected chi connectivity index (χ4v) is 2.89. The first kappa shape index (κ1) is 15.3. The Morgan fingerprint density at radius 2 is 2.00 bits per heavy atom. The van der Waals surface area contributed by atoms with Crippen molar-refractivity contribution in [1.29, 1.82) is 0 Å².